The molecule has 2 atom stereocenters. The van der Waals surface area contributed by atoms with E-state index in [9.17, 15) is 4.79 Å². The number of rotatable bonds is 5. The van der Waals surface area contributed by atoms with Gasteiger partial charge in [-0.15, -0.1) is 0 Å². The van der Waals surface area contributed by atoms with Gasteiger partial charge >= 0.3 is 6.03 Å². The van der Waals surface area contributed by atoms with E-state index in [4.69, 9.17) is 9.47 Å². The molecular weight excluding hydrogens is 356 g/mol. The molecular formula is C21H22N4O3. The number of hydrogen-bond acceptors (Lipinski definition) is 4. The monoisotopic (exact) mass is 378 g/mol. The number of carbonyl (C=O) groups is 1. The Hall–Kier alpha value is -3.48. The molecule has 7 nitrogen and oxygen atoms in total. The summed E-state index contributed by atoms with van der Waals surface area (Å²) in [5.41, 5.74) is 0.957. The molecule has 0 bridgehead atoms. The van der Waals surface area contributed by atoms with Gasteiger partial charge in [0.05, 0.1) is 6.54 Å². The second kappa shape index (κ2) is 8.04. The minimum absolute atomic E-state index is 0.246. The smallest absolute Gasteiger partial charge is 0.315 e. The largest absolute Gasteiger partial charge is 0.486 e. The third-order valence-corrected chi connectivity index (χ3v) is 4.58. The Morgan fingerprint density at radius 1 is 1.18 bits per heavy atom. The number of urea groups is 1. The summed E-state index contributed by atoms with van der Waals surface area (Å²) in [5.74, 6) is 2.17. The van der Waals surface area contributed by atoms with E-state index in [2.05, 4.69) is 15.6 Å². The number of nitrogens with zero attached hydrogens (tertiary/aromatic N) is 2. The van der Waals surface area contributed by atoms with E-state index in [1.807, 2.05) is 72.4 Å². The maximum absolute atomic E-state index is 12.6. The number of hydrogen-bond donors (Lipinski definition) is 2. The lowest BCUT2D eigenvalue weighted by Crippen LogP contribution is -2.45. The molecule has 7 heteroatoms. The van der Waals surface area contributed by atoms with Crippen molar-refractivity contribution in [1.29, 1.82) is 0 Å². The highest BCUT2D eigenvalue weighted by Crippen LogP contribution is 2.30. The fourth-order valence-corrected chi connectivity index (χ4v) is 3.15. The predicted molar refractivity (Wildman–Crippen MR) is 104 cm³/mol. The number of aryl methyl sites for hydroxylation is 1. The van der Waals surface area contributed by atoms with Crippen LogP contribution in [0.4, 0.5) is 4.79 Å². The van der Waals surface area contributed by atoms with Crippen molar-refractivity contribution < 1.29 is 14.3 Å². The number of aromatic nitrogens is 2. The van der Waals surface area contributed by atoms with Crippen LogP contribution in [0.5, 0.6) is 11.5 Å². The molecule has 1 aromatic heterocycles. The first-order valence-corrected chi connectivity index (χ1v) is 9.16. The van der Waals surface area contributed by atoms with E-state index in [0.717, 1.165) is 17.1 Å². The van der Waals surface area contributed by atoms with E-state index in [0.29, 0.717) is 18.9 Å². The van der Waals surface area contributed by atoms with Crippen molar-refractivity contribution in [2.75, 3.05) is 13.2 Å². The molecule has 1 aliphatic heterocycles. The van der Waals surface area contributed by atoms with Crippen molar-refractivity contribution in [3.05, 3.63) is 78.4 Å². The van der Waals surface area contributed by atoms with Crippen LogP contribution in [-0.4, -0.2) is 34.8 Å². The Balaban J connectivity index is 1.39. The number of para-hydroxylation sites is 2. The molecule has 0 spiro atoms. The zero-order chi connectivity index (χ0) is 19.3. The summed E-state index contributed by atoms with van der Waals surface area (Å²) >= 11 is 0. The summed E-state index contributed by atoms with van der Waals surface area (Å²) in [4.78, 5) is 17.0. The summed E-state index contributed by atoms with van der Waals surface area (Å²) in [6, 6.07) is 16.6. The molecule has 0 saturated carbocycles. The maximum Gasteiger partial charge on any atom is 0.315 e. The predicted octanol–water partition coefficient (Wildman–Crippen LogP) is 2.65. The highest BCUT2D eigenvalue weighted by molar-refractivity contribution is 5.74. The van der Waals surface area contributed by atoms with Gasteiger partial charge in [0, 0.05) is 19.4 Å². The molecule has 28 heavy (non-hydrogen) atoms. The molecule has 2 amide bonds. The number of fused-ring (bicyclic) bond motifs is 1. The van der Waals surface area contributed by atoms with E-state index in [1.165, 1.54) is 0 Å². The molecule has 2 heterocycles. The Kier molecular flexibility index (Phi) is 5.14. The van der Waals surface area contributed by atoms with E-state index < -0.39 is 0 Å². The average molecular weight is 378 g/mol. The van der Waals surface area contributed by atoms with Crippen LogP contribution in [-0.2, 0) is 7.05 Å². The molecule has 4 rings (SSSR count). The summed E-state index contributed by atoms with van der Waals surface area (Å²) in [6.45, 7) is 0.723. The first-order valence-electron chi connectivity index (χ1n) is 9.16. The maximum atomic E-state index is 12.6. The second-order valence-corrected chi connectivity index (χ2v) is 6.59. The van der Waals surface area contributed by atoms with Crippen molar-refractivity contribution >= 4 is 6.03 Å². The highest BCUT2D eigenvalue weighted by Gasteiger charge is 2.23. The number of imidazole rings is 1. The third kappa shape index (κ3) is 3.93. The lowest BCUT2D eigenvalue weighted by Gasteiger charge is -2.27. The number of carbonyl (C=O) groups excluding carboxylic acids is 1. The van der Waals surface area contributed by atoms with Crippen LogP contribution in [0.3, 0.4) is 0 Å². The van der Waals surface area contributed by atoms with Crippen LogP contribution in [0.15, 0.2) is 67.0 Å². The normalized spacial score (nSPS) is 16.2. The SMILES string of the molecule is Cn1ccnc1[C@H](NC(=O)NC[C@H]1COc2ccccc2O1)c1ccccc1. The number of nitrogens with one attached hydrogen (secondary N) is 2. The lowest BCUT2D eigenvalue weighted by atomic mass is 10.1. The molecule has 0 unspecified atom stereocenters. The van der Waals surface area contributed by atoms with Crippen LogP contribution in [0.25, 0.3) is 0 Å². The van der Waals surface area contributed by atoms with Crippen molar-refractivity contribution in [1.82, 2.24) is 20.2 Å². The topological polar surface area (TPSA) is 77.4 Å². The first kappa shape index (κ1) is 17.9. The molecule has 3 aromatic rings. The Bertz CT molecular complexity index is 942. The quantitative estimate of drug-likeness (QED) is 0.716. The summed E-state index contributed by atoms with van der Waals surface area (Å²) < 4.78 is 13.5. The molecule has 1 aliphatic rings. The van der Waals surface area contributed by atoms with Gasteiger partial charge in [0.1, 0.15) is 18.5 Å². The van der Waals surface area contributed by atoms with Gasteiger partial charge in [-0.1, -0.05) is 42.5 Å². The first-order chi connectivity index (χ1) is 13.7. The zero-order valence-electron chi connectivity index (χ0n) is 15.5. The number of benzene rings is 2. The molecule has 0 saturated heterocycles. The van der Waals surface area contributed by atoms with Gasteiger partial charge in [-0.25, -0.2) is 9.78 Å². The summed E-state index contributed by atoms with van der Waals surface area (Å²) in [5, 5.41) is 5.88. The van der Waals surface area contributed by atoms with E-state index >= 15 is 0 Å². The van der Waals surface area contributed by atoms with Crippen LogP contribution < -0.4 is 20.1 Å². The molecule has 144 valence electrons. The fraction of sp³-hybridized carbons (Fsp3) is 0.238. The van der Waals surface area contributed by atoms with Gasteiger partial charge in [-0.05, 0) is 17.7 Å². The van der Waals surface area contributed by atoms with Gasteiger partial charge in [-0.2, -0.15) is 0 Å². The van der Waals surface area contributed by atoms with Crippen molar-refractivity contribution in [2.24, 2.45) is 7.05 Å². The third-order valence-electron chi connectivity index (χ3n) is 4.58. The zero-order valence-corrected chi connectivity index (χ0v) is 15.5. The van der Waals surface area contributed by atoms with Gasteiger partial charge < -0.3 is 24.7 Å². The number of amides is 2. The highest BCUT2D eigenvalue weighted by atomic mass is 16.6. The minimum atomic E-state index is -0.356. The summed E-state index contributed by atoms with van der Waals surface area (Å²) in [7, 11) is 1.91. The van der Waals surface area contributed by atoms with Crippen molar-refractivity contribution in [2.45, 2.75) is 12.1 Å². The molecule has 0 radical (unpaired) electrons. The van der Waals surface area contributed by atoms with Crippen LogP contribution in [0, 0.1) is 0 Å². The second-order valence-electron chi connectivity index (χ2n) is 6.59. The Morgan fingerprint density at radius 2 is 1.93 bits per heavy atom. The van der Waals surface area contributed by atoms with E-state index in [1.54, 1.807) is 6.20 Å². The van der Waals surface area contributed by atoms with Gasteiger partial charge in [0.15, 0.2) is 17.6 Å². The number of ether oxygens (including phenoxy) is 2. The Labute approximate surface area is 163 Å². The van der Waals surface area contributed by atoms with Crippen molar-refractivity contribution in [3.63, 3.8) is 0 Å². The van der Waals surface area contributed by atoms with Crippen LogP contribution >= 0.6 is 0 Å². The van der Waals surface area contributed by atoms with Crippen molar-refractivity contribution in [3.8, 4) is 11.5 Å². The fourth-order valence-electron chi connectivity index (χ4n) is 3.15. The van der Waals surface area contributed by atoms with Gasteiger partial charge in [0.2, 0.25) is 0 Å². The average Bonchev–Trinajstić information content (AvgIpc) is 3.16. The molecule has 2 N–H and O–H groups in total. The van der Waals surface area contributed by atoms with Crippen LogP contribution in [0.1, 0.15) is 17.4 Å². The Morgan fingerprint density at radius 3 is 2.68 bits per heavy atom. The minimum Gasteiger partial charge on any atom is -0.486 e. The summed E-state index contributed by atoms with van der Waals surface area (Å²) in [6.07, 6.45) is 3.33. The van der Waals surface area contributed by atoms with Gasteiger partial charge in [0.25, 0.3) is 0 Å². The standard InChI is InChI=1S/C21H22N4O3/c1-25-12-11-22-20(25)19(15-7-3-2-4-8-15)24-21(26)23-13-16-14-27-17-9-5-6-10-18(17)28-16/h2-12,16,19H,13-14H2,1H3,(H2,23,24,26)/t16-,19+/m0/s1. The van der Waals surface area contributed by atoms with Gasteiger partial charge in [-0.3, -0.25) is 0 Å². The molecule has 2 aromatic carbocycles. The van der Waals surface area contributed by atoms with E-state index in [-0.39, 0.29) is 18.2 Å². The van der Waals surface area contributed by atoms with Crippen LogP contribution in [0.2, 0.25) is 0 Å². The molecule has 0 aliphatic carbocycles. The molecule has 0 fully saturated rings. The lowest BCUT2D eigenvalue weighted by molar-refractivity contribution is 0.0917.